The summed E-state index contributed by atoms with van der Waals surface area (Å²) in [7, 11) is 1.14. The first-order valence-corrected chi connectivity index (χ1v) is 5.37. The fourth-order valence-corrected chi connectivity index (χ4v) is 1.75. The van der Waals surface area contributed by atoms with E-state index >= 15 is 0 Å². The van der Waals surface area contributed by atoms with Gasteiger partial charge in [0.05, 0.1) is 7.11 Å². The molecule has 1 aromatic rings. The Labute approximate surface area is 107 Å². The maximum Gasteiger partial charge on any atom is 0.373 e. The molecule has 0 amide bonds. The fraction of sp³-hybridized carbons (Fsp3) is 0.231. The molecule has 1 unspecified atom stereocenters. The molecule has 100 valence electrons. The lowest BCUT2D eigenvalue weighted by Gasteiger charge is -2.23. The average Bonchev–Trinajstić information content (AvgIpc) is 2.69. The Morgan fingerprint density at radius 2 is 2.00 bits per heavy atom. The molecule has 0 saturated carbocycles. The molecule has 0 N–H and O–H groups in total. The van der Waals surface area contributed by atoms with E-state index in [1.807, 2.05) is 0 Å². The number of benzene rings is 1. The van der Waals surface area contributed by atoms with Gasteiger partial charge >= 0.3 is 5.97 Å². The summed E-state index contributed by atoms with van der Waals surface area (Å²) in [5.74, 6) is -3.74. The highest BCUT2D eigenvalue weighted by atomic mass is 19.2. The molecule has 6 heteroatoms. The maximum atomic E-state index is 13.2. The van der Waals surface area contributed by atoms with Crippen molar-refractivity contribution >= 4 is 11.8 Å². The van der Waals surface area contributed by atoms with Crippen LogP contribution in [0.25, 0.3) is 0 Å². The summed E-state index contributed by atoms with van der Waals surface area (Å²) in [5.41, 5.74) is -1.44. The van der Waals surface area contributed by atoms with Gasteiger partial charge in [-0.3, -0.25) is 4.79 Å². The number of ketones is 1. The van der Waals surface area contributed by atoms with Crippen molar-refractivity contribution in [3.05, 3.63) is 47.2 Å². The molecule has 1 aliphatic rings. The van der Waals surface area contributed by atoms with E-state index in [1.54, 1.807) is 0 Å². The molecule has 0 spiro atoms. The van der Waals surface area contributed by atoms with Gasteiger partial charge in [-0.1, -0.05) is 6.07 Å². The van der Waals surface area contributed by atoms with Crippen LogP contribution in [0.3, 0.4) is 0 Å². The van der Waals surface area contributed by atoms with E-state index < -0.39 is 29.0 Å². The highest BCUT2D eigenvalue weighted by molar-refractivity contribution is 6.06. The maximum absolute atomic E-state index is 13.2. The van der Waals surface area contributed by atoms with Crippen LogP contribution in [0.1, 0.15) is 12.5 Å². The van der Waals surface area contributed by atoms with Crippen molar-refractivity contribution in [1.29, 1.82) is 0 Å². The highest BCUT2D eigenvalue weighted by Gasteiger charge is 2.44. The second kappa shape index (κ2) is 4.46. The van der Waals surface area contributed by atoms with Crippen LogP contribution in [0.15, 0.2) is 30.0 Å². The third-order valence-corrected chi connectivity index (χ3v) is 2.90. The third kappa shape index (κ3) is 2.09. The Hall–Kier alpha value is -2.24. The molecule has 0 radical (unpaired) electrons. The van der Waals surface area contributed by atoms with Crippen molar-refractivity contribution in [3.8, 4) is 0 Å². The molecular weight excluding hydrogens is 258 g/mol. The van der Waals surface area contributed by atoms with Crippen molar-refractivity contribution in [3.63, 3.8) is 0 Å². The van der Waals surface area contributed by atoms with Gasteiger partial charge in [0.25, 0.3) is 0 Å². The molecule has 4 nitrogen and oxygen atoms in total. The monoisotopic (exact) mass is 268 g/mol. The number of hydrogen-bond acceptors (Lipinski definition) is 4. The van der Waals surface area contributed by atoms with Crippen LogP contribution in [0.2, 0.25) is 0 Å². The third-order valence-electron chi connectivity index (χ3n) is 2.90. The van der Waals surface area contributed by atoms with Crippen LogP contribution < -0.4 is 0 Å². The van der Waals surface area contributed by atoms with Crippen molar-refractivity contribution in [2.75, 3.05) is 7.11 Å². The molecule has 19 heavy (non-hydrogen) atoms. The molecule has 1 atom stereocenters. The van der Waals surface area contributed by atoms with Crippen molar-refractivity contribution in [2.45, 2.75) is 12.5 Å². The van der Waals surface area contributed by atoms with Gasteiger partial charge in [0.15, 0.2) is 17.2 Å². The first kappa shape index (κ1) is 13.2. The molecular formula is C13H10F2O4. The second-order valence-corrected chi connectivity index (χ2v) is 4.13. The number of carbonyl (C=O) groups excluding carboxylic acids is 2. The van der Waals surface area contributed by atoms with E-state index in [9.17, 15) is 18.4 Å². The first-order chi connectivity index (χ1) is 8.88. The van der Waals surface area contributed by atoms with Gasteiger partial charge in [-0.2, -0.15) is 0 Å². The summed E-state index contributed by atoms with van der Waals surface area (Å²) in [6.45, 7) is 1.37. The number of methoxy groups -OCH3 is 1. The SMILES string of the molecule is COC(=O)C1=CC(=O)C(C)(c2ccc(F)c(F)c2)O1. The summed E-state index contributed by atoms with van der Waals surface area (Å²) < 4.78 is 35.8. The minimum Gasteiger partial charge on any atom is -0.467 e. The van der Waals surface area contributed by atoms with E-state index in [0.29, 0.717) is 0 Å². The van der Waals surface area contributed by atoms with Gasteiger partial charge in [0, 0.05) is 11.6 Å². The van der Waals surface area contributed by atoms with Crippen LogP contribution in [-0.4, -0.2) is 18.9 Å². The molecule has 0 fully saturated rings. The predicted octanol–water partition coefficient (Wildman–Crippen LogP) is 1.84. The fourth-order valence-electron chi connectivity index (χ4n) is 1.75. The molecule has 1 aromatic carbocycles. The average molecular weight is 268 g/mol. The lowest BCUT2D eigenvalue weighted by molar-refractivity contribution is -0.144. The minimum absolute atomic E-state index is 0.117. The second-order valence-electron chi connectivity index (χ2n) is 4.13. The van der Waals surface area contributed by atoms with Crippen LogP contribution >= 0.6 is 0 Å². The molecule has 0 aliphatic carbocycles. The number of hydrogen-bond donors (Lipinski definition) is 0. The van der Waals surface area contributed by atoms with E-state index in [1.165, 1.54) is 13.0 Å². The number of halogens is 2. The number of ether oxygens (including phenoxy) is 2. The Bertz CT molecular complexity index is 594. The van der Waals surface area contributed by atoms with E-state index in [2.05, 4.69) is 4.74 Å². The van der Waals surface area contributed by atoms with Crippen LogP contribution in [0.4, 0.5) is 8.78 Å². The molecule has 0 saturated heterocycles. The standard InChI is InChI=1S/C13H10F2O4/c1-13(7-3-4-8(14)9(15)5-7)11(16)6-10(19-13)12(17)18-2/h3-6H,1-2H3. The summed E-state index contributed by atoms with van der Waals surface area (Å²) in [5, 5.41) is 0. The summed E-state index contributed by atoms with van der Waals surface area (Å²) in [4.78, 5) is 23.2. The van der Waals surface area contributed by atoms with Gasteiger partial charge in [0.2, 0.25) is 11.5 Å². The lowest BCUT2D eigenvalue weighted by atomic mass is 9.92. The molecule has 0 bridgehead atoms. The van der Waals surface area contributed by atoms with Crippen LogP contribution in [0, 0.1) is 11.6 Å². The zero-order valence-corrected chi connectivity index (χ0v) is 10.2. The van der Waals surface area contributed by atoms with Crippen molar-refractivity contribution in [1.82, 2.24) is 0 Å². The summed E-state index contributed by atoms with van der Waals surface area (Å²) >= 11 is 0. The van der Waals surface area contributed by atoms with Gasteiger partial charge < -0.3 is 9.47 Å². The Balaban J connectivity index is 2.38. The van der Waals surface area contributed by atoms with Gasteiger partial charge in [0.1, 0.15) is 0 Å². The smallest absolute Gasteiger partial charge is 0.373 e. The van der Waals surface area contributed by atoms with Gasteiger partial charge in [-0.05, 0) is 19.1 Å². The van der Waals surface area contributed by atoms with Crippen LogP contribution in [-0.2, 0) is 24.7 Å². The Kier molecular flexibility index (Phi) is 3.09. The van der Waals surface area contributed by atoms with Crippen molar-refractivity contribution in [2.24, 2.45) is 0 Å². The van der Waals surface area contributed by atoms with Gasteiger partial charge in [-0.15, -0.1) is 0 Å². The number of rotatable bonds is 2. The Morgan fingerprint density at radius 1 is 1.32 bits per heavy atom. The van der Waals surface area contributed by atoms with E-state index in [4.69, 9.17) is 4.74 Å². The normalized spacial score (nSPS) is 21.9. The molecule has 1 aliphatic heterocycles. The quantitative estimate of drug-likeness (QED) is 0.768. The van der Waals surface area contributed by atoms with Crippen molar-refractivity contribution < 1.29 is 27.8 Å². The number of carbonyl (C=O) groups is 2. The lowest BCUT2D eigenvalue weighted by Crippen LogP contribution is -2.30. The summed E-state index contributed by atoms with van der Waals surface area (Å²) in [6, 6.07) is 2.98. The Morgan fingerprint density at radius 3 is 2.58 bits per heavy atom. The van der Waals surface area contributed by atoms with Gasteiger partial charge in [-0.25, -0.2) is 13.6 Å². The predicted molar refractivity (Wildman–Crippen MR) is 59.9 cm³/mol. The van der Waals surface area contributed by atoms with E-state index in [0.717, 1.165) is 25.3 Å². The molecule has 2 rings (SSSR count). The first-order valence-electron chi connectivity index (χ1n) is 5.37. The highest BCUT2D eigenvalue weighted by Crippen LogP contribution is 2.35. The van der Waals surface area contributed by atoms with E-state index in [-0.39, 0.29) is 11.3 Å². The largest absolute Gasteiger partial charge is 0.467 e. The molecule has 0 aromatic heterocycles. The van der Waals surface area contributed by atoms with Crippen LogP contribution in [0.5, 0.6) is 0 Å². The zero-order valence-electron chi connectivity index (χ0n) is 10.2. The minimum atomic E-state index is -1.56. The topological polar surface area (TPSA) is 52.6 Å². The number of esters is 1. The molecule has 1 heterocycles. The zero-order chi connectivity index (χ0) is 14.2. The summed E-state index contributed by atoms with van der Waals surface area (Å²) in [6.07, 6.45) is 0.979.